The second-order valence-corrected chi connectivity index (χ2v) is 5.95. The number of benzene rings is 1. The third kappa shape index (κ3) is 4.01. The zero-order valence-corrected chi connectivity index (χ0v) is 13.2. The highest BCUT2D eigenvalue weighted by Gasteiger charge is 2.19. The maximum atomic E-state index is 13.1. The number of ether oxygens (including phenoxy) is 1. The standard InChI is InChI=1S/C16H17ClFN3O2/c17-13-9-12(5-6-14(13)18)23-10-21-8-7-15(20-21)16(22)19-11-3-1-2-4-11/h5-9,11H,1-4,10H2,(H,19,22). The molecule has 0 aliphatic heterocycles. The quantitative estimate of drug-likeness (QED) is 0.910. The van der Waals surface area contributed by atoms with E-state index in [1.165, 1.54) is 22.9 Å². The third-order valence-corrected chi connectivity index (χ3v) is 4.11. The minimum absolute atomic E-state index is 0.000374. The summed E-state index contributed by atoms with van der Waals surface area (Å²) in [6.45, 7) is 0.110. The molecule has 3 rings (SSSR count). The number of hydrogen-bond acceptors (Lipinski definition) is 3. The van der Waals surface area contributed by atoms with E-state index in [9.17, 15) is 9.18 Å². The Morgan fingerprint density at radius 3 is 2.91 bits per heavy atom. The number of carbonyl (C=O) groups is 1. The summed E-state index contributed by atoms with van der Waals surface area (Å²) in [4.78, 5) is 12.1. The predicted molar refractivity (Wildman–Crippen MR) is 84.0 cm³/mol. The lowest BCUT2D eigenvalue weighted by atomic mass is 10.2. The molecule has 1 aromatic heterocycles. The summed E-state index contributed by atoms with van der Waals surface area (Å²) < 4.78 is 20.0. The van der Waals surface area contributed by atoms with Crippen molar-refractivity contribution in [3.63, 3.8) is 0 Å². The molecule has 1 aliphatic carbocycles. The lowest BCUT2D eigenvalue weighted by molar-refractivity contribution is 0.0930. The van der Waals surface area contributed by atoms with Gasteiger partial charge in [0.1, 0.15) is 17.3 Å². The number of amides is 1. The van der Waals surface area contributed by atoms with Crippen LogP contribution in [0.1, 0.15) is 36.2 Å². The maximum Gasteiger partial charge on any atom is 0.271 e. The Labute approximate surface area is 138 Å². The van der Waals surface area contributed by atoms with Crippen molar-refractivity contribution >= 4 is 17.5 Å². The van der Waals surface area contributed by atoms with Crippen LogP contribution in [0.15, 0.2) is 30.5 Å². The SMILES string of the molecule is O=C(NC1CCCC1)c1ccn(COc2ccc(F)c(Cl)c2)n1. The van der Waals surface area contributed by atoms with Gasteiger partial charge in [-0.1, -0.05) is 24.4 Å². The number of rotatable bonds is 5. The number of aromatic nitrogens is 2. The average Bonchev–Trinajstić information content (AvgIpc) is 3.20. The van der Waals surface area contributed by atoms with Crippen molar-refractivity contribution in [1.29, 1.82) is 0 Å². The van der Waals surface area contributed by atoms with Gasteiger partial charge in [-0.15, -0.1) is 0 Å². The lowest BCUT2D eigenvalue weighted by Gasteiger charge is -2.10. The largest absolute Gasteiger partial charge is 0.471 e. The molecule has 1 aromatic carbocycles. The molecule has 0 radical (unpaired) electrons. The van der Waals surface area contributed by atoms with Crippen molar-refractivity contribution in [3.05, 3.63) is 47.0 Å². The molecule has 1 amide bonds. The molecule has 0 bridgehead atoms. The zero-order chi connectivity index (χ0) is 16.2. The molecule has 5 nitrogen and oxygen atoms in total. The van der Waals surface area contributed by atoms with Crippen LogP contribution >= 0.6 is 11.6 Å². The van der Waals surface area contributed by atoms with E-state index in [4.69, 9.17) is 16.3 Å². The van der Waals surface area contributed by atoms with Gasteiger partial charge in [0, 0.05) is 18.3 Å². The maximum absolute atomic E-state index is 13.1. The van der Waals surface area contributed by atoms with Crippen LogP contribution in [0.2, 0.25) is 5.02 Å². The molecule has 2 aromatic rings. The van der Waals surface area contributed by atoms with E-state index < -0.39 is 5.82 Å². The van der Waals surface area contributed by atoms with Crippen LogP contribution in [0, 0.1) is 5.82 Å². The second-order valence-electron chi connectivity index (χ2n) is 5.54. The van der Waals surface area contributed by atoms with Gasteiger partial charge in [0.05, 0.1) is 5.02 Å². The van der Waals surface area contributed by atoms with Crippen molar-refractivity contribution in [3.8, 4) is 5.75 Å². The van der Waals surface area contributed by atoms with Gasteiger partial charge >= 0.3 is 0 Å². The molecule has 1 saturated carbocycles. The van der Waals surface area contributed by atoms with Gasteiger partial charge in [-0.05, 0) is 31.0 Å². The van der Waals surface area contributed by atoms with Crippen LogP contribution in [0.3, 0.4) is 0 Å². The van der Waals surface area contributed by atoms with E-state index in [1.807, 2.05) is 0 Å². The van der Waals surface area contributed by atoms with Gasteiger partial charge in [-0.3, -0.25) is 4.79 Å². The van der Waals surface area contributed by atoms with Crippen LogP contribution in [0.5, 0.6) is 5.75 Å². The first-order valence-corrected chi connectivity index (χ1v) is 7.92. The molecule has 1 heterocycles. The van der Waals surface area contributed by atoms with Crippen LogP contribution in [-0.4, -0.2) is 21.7 Å². The van der Waals surface area contributed by atoms with Gasteiger partial charge in [0.2, 0.25) is 0 Å². The monoisotopic (exact) mass is 337 g/mol. The normalized spacial score (nSPS) is 14.9. The van der Waals surface area contributed by atoms with Crippen LogP contribution in [-0.2, 0) is 6.73 Å². The van der Waals surface area contributed by atoms with Crippen LogP contribution in [0.25, 0.3) is 0 Å². The highest BCUT2D eigenvalue weighted by atomic mass is 35.5. The van der Waals surface area contributed by atoms with Crippen molar-refractivity contribution in [2.24, 2.45) is 0 Å². The number of carbonyl (C=O) groups excluding carboxylic acids is 1. The molecule has 0 atom stereocenters. The summed E-state index contributed by atoms with van der Waals surface area (Å²) in [5.41, 5.74) is 0.359. The number of hydrogen-bond donors (Lipinski definition) is 1. The fraction of sp³-hybridized carbons (Fsp3) is 0.375. The van der Waals surface area contributed by atoms with E-state index in [1.54, 1.807) is 12.3 Å². The Kier molecular flexibility index (Phi) is 4.81. The van der Waals surface area contributed by atoms with Gasteiger partial charge in [0.15, 0.2) is 6.73 Å². The topological polar surface area (TPSA) is 56.2 Å². The Morgan fingerprint density at radius 2 is 2.17 bits per heavy atom. The molecular formula is C16H17ClFN3O2. The fourth-order valence-corrected chi connectivity index (χ4v) is 2.76. The number of nitrogens with one attached hydrogen (secondary N) is 1. The number of halogens is 2. The van der Waals surface area contributed by atoms with Gasteiger partial charge in [0.25, 0.3) is 5.91 Å². The molecule has 23 heavy (non-hydrogen) atoms. The Balaban J connectivity index is 1.56. The van der Waals surface area contributed by atoms with Crippen molar-refractivity contribution in [1.82, 2.24) is 15.1 Å². The Bertz CT molecular complexity index is 698. The summed E-state index contributed by atoms with van der Waals surface area (Å²) in [7, 11) is 0. The lowest BCUT2D eigenvalue weighted by Crippen LogP contribution is -2.32. The Morgan fingerprint density at radius 1 is 1.39 bits per heavy atom. The van der Waals surface area contributed by atoms with E-state index >= 15 is 0 Å². The molecule has 0 unspecified atom stereocenters. The summed E-state index contributed by atoms with van der Waals surface area (Å²) in [6, 6.07) is 6.02. The smallest absolute Gasteiger partial charge is 0.271 e. The molecule has 1 N–H and O–H groups in total. The minimum atomic E-state index is -0.496. The third-order valence-electron chi connectivity index (χ3n) is 3.82. The summed E-state index contributed by atoms with van der Waals surface area (Å²) in [6.07, 6.45) is 6.04. The molecular weight excluding hydrogens is 321 g/mol. The zero-order valence-electron chi connectivity index (χ0n) is 12.5. The van der Waals surface area contributed by atoms with Crippen LogP contribution < -0.4 is 10.1 Å². The van der Waals surface area contributed by atoms with Crippen molar-refractivity contribution in [2.75, 3.05) is 0 Å². The van der Waals surface area contributed by atoms with Gasteiger partial charge < -0.3 is 10.1 Å². The summed E-state index contributed by atoms with van der Waals surface area (Å²) >= 11 is 5.69. The van der Waals surface area contributed by atoms with Gasteiger partial charge in [-0.2, -0.15) is 5.10 Å². The van der Waals surface area contributed by atoms with Crippen molar-refractivity contribution < 1.29 is 13.9 Å². The van der Waals surface area contributed by atoms with E-state index in [0.29, 0.717) is 11.4 Å². The minimum Gasteiger partial charge on any atom is -0.471 e. The first-order valence-electron chi connectivity index (χ1n) is 7.54. The first kappa shape index (κ1) is 15.8. The fourth-order valence-electron chi connectivity index (χ4n) is 2.59. The van der Waals surface area contributed by atoms with Crippen molar-refractivity contribution in [2.45, 2.75) is 38.5 Å². The molecule has 7 heteroatoms. The highest BCUT2D eigenvalue weighted by molar-refractivity contribution is 6.30. The van der Waals surface area contributed by atoms with Gasteiger partial charge in [-0.25, -0.2) is 9.07 Å². The van der Waals surface area contributed by atoms with Crippen LogP contribution in [0.4, 0.5) is 4.39 Å². The van der Waals surface area contributed by atoms with E-state index in [2.05, 4.69) is 10.4 Å². The average molecular weight is 338 g/mol. The van der Waals surface area contributed by atoms with E-state index in [0.717, 1.165) is 25.7 Å². The Hall–Kier alpha value is -2.08. The molecule has 0 spiro atoms. The predicted octanol–water partition coefficient (Wildman–Crippen LogP) is 3.38. The highest BCUT2D eigenvalue weighted by Crippen LogP contribution is 2.21. The molecule has 0 saturated heterocycles. The summed E-state index contributed by atoms with van der Waals surface area (Å²) in [5.74, 6) is -0.228. The molecule has 1 fully saturated rings. The second kappa shape index (κ2) is 7.00. The van der Waals surface area contributed by atoms with E-state index in [-0.39, 0.29) is 23.7 Å². The number of nitrogens with zero attached hydrogens (tertiary/aromatic N) is 2. The summed E-state index contributed by atoms with van der Waals surface area (Å²) in [5, 5.41) is 7.16. The molecule has 122 valence electrons. The first-order chi connectivity index (χ1) is 11.1. The molecule has 1 aliphatic rings.